The molecule has 2 heterocycles. The number of nitrogens with two attached hydrogens (primary N) is 1. The van der Waals surface area contributed by atoms with Crippen LogP contribution in [0.2, 0.25) is 0 Å². The third kappa shape index (κ3) is 2.52. The molecule has 0 saturated heterocycles. The lowest BCUT2D eigenvalue weighted by molar-refractivity contribution is 0.443. The molecule has 108 valence electrons. The van der Waals surface area contributed by atoms with Crippen LogP contribution in [0.3, 0.4) is 0 Å². The van der Waals surface area contributed by atoms with Crippen LogP contribution in [0.25, 0.3) is 11.2 Å². The van der Waals surface area contributed by atoms with Crippen LogP contribution < -0.4 is 10.5 Å². The number of nitrogens with zero attached hydrogens (tertiary/aromatic N) is 4. The van der Waals surface area contributed by atoms with E-state index in [2.05, 4.69) is 33.4 Å². The number of aryl methyl sites for hydroxylation is 2. The summed E-state index contributed by atoms with van der Waals surface area (Å²) < 4.78 is 7.74. The van der Waals surface area contributed by atoms with Crippen molar-refractivity contribution in [2.24, 2.45) is 0 Å². The van der Waals surface area contributed by atoms with Gasteiger partial charge in [0.15, 0.2) is 5.65 Å². The number of hydrogen-bond acceptors (Lipinski definition) is 5. The summed E-state index contributed by atoms with van der Waals surface area (Å²) in [6.07, 6.45) is 2.55. The summed E-state index contributed by atoms with van der Waals surface area (Å²) in [4.78, 5) is 13.2. The second-order valence-corrected chi connectivity index (χ2v) is 4.66. The summed E-state index contributed by atoms with van der Waals surface area (Å²) in [6, 6.07) is 7.48. The Labute approximate surface area is 122 Å². The van der Waals surface area contributed by atoms with E-state index in [-0.39, 0.29) is 0 Å². The summed E-state index contributed by atoms with van der Waals surface area (Å²) in [5.41, 5.74) is 7.95. The van der Waals surface area contributed by atoms with E-state index in [4.69, 9.17) is 10.5 Å². The Kier molecular flexibility index (Phi) is 3.43. The normalized spacial score (nSPS) is 11.0. The maximum atomic E-state index is 5.73. The maximum absolute atomic E-state index is 5.73. The molecule has 0 unspecified atom stereocenters. The molecule has 0 aliphatic carbocycles. The number of nitrogen functional groups attached to an aromatic ring is 1. The molecule has 0 fully saturated rings. The van der Waals surface area contributed by atoms with Gasteiger partial charge in [0.1, 0.15) is 17.1 Å². The fourth-order valence-corrected chi connectivity index (χ4v) is 2.28. The lowest BCUT2D eigenvalue weighted by Gasteiger charge is -2.05. The summed E-state index contributed by atoms with van der Waals surface area (Å²) in [6.45, 7) is 4.96. The topological polar surface area (TPSA) is 78.8 Å². The van der Waals surface area contributed by atoms with Gasteiger partial charge >= 0.3 is 6.01 Å². The van der Waals surface area contributed by atoms with Gasteiger partial charge in [-0.25, -0.2) is 9.97 Å². The van der Waals surface area contributed by atoms with E-state index in [0.29, 0.717) is 17.4 Å². The molecule has 6 heteroatoms. The van der Waals surface area contributed by atoms with Gasteiger partial charge in [0, 0.05) is 24.7 Å². The number of fused-ring (bicyclic) bond motifs is 1. The third-order valence-electron chi connectivity index (χ3n) is 3.24. The Hall–Kier alpha value is -2.63. The summed E-state index contributed by atoms with van der Waals surface area (Å²) >= 11 is 0. The van der Waals surface area contributed by atoms with Crippen LogP contribution >= 0.6 is 0 Å². The number of anilines is 1. The van der Waals surface area contributed by atoms with Crippen molar-refractivity contribution in [2.75, 3.05) is 5.73 Å². The van der Waals surface area contributed by atoms with Crippen molar-refractivity contribution in [3.63, 3.8) is 0 Å². The van der Waals surface area contributed by atoms with E-state index in [1.165, 1.54) is 0 Å². The van der Waals surface area contributed by atoms with Gasteiger partial charge in [-0.3, -0.25) is 0 Å². The quantitative estimate of drug-likeness (QED) is 0.745. The monoisotopic (exact) mass is 283 g/mol. The van der Waals surface area contributed by atoms with Crippen molar-refractivity contribution < 1.29 is 4.74 Å². The van der Waals surface area contributed by atoms with E-state index < -0.39 is 0 Å². The molecule has 3 aromatic rings. The number of rotatable bonds is 4. The van der Waals surface area contributed by atoms with Gasteiger partial charge in [-0.15, -0.1) is 0 Å². The number of imidazole rings is 1. The second kappa shape index (κ2) is 5.40. The smallest absolute Gasteiger partial charge is 0.324 e. The summed E-state index contributed by atoms with van der Waals surface area (Å²) in [5, 5.41) is 0. The van der Waals surface area contributed by atoms with Gasteiger partial charge < -0.3 is 15.0 Å². The Morgan fingerprint density at radius 3 is 2.81 bits per heavy atom. The molecule has 2 N–H and O–H groups in total. The number of ether oxygens (including phenoxy) is 1. The molecule has 3 rings (SSSR count). The lowest BCUT2D eigenvalue weighted by Crippen LogP contribution is -2.02. The fraction of sp³-hybridized carbons (Fsp3) is 0.267. The molecule has 1 aromatic carbocycles. The van der Waals surface area contributed by atoms with Crippen molar-refractivity contribution in [3.8, 4) is 11.8 Å². The van der Waals surface area contributed by atoms with Crippen LogP contribution in [0.5, 0.6) is 11.8 Å². The summed E-state index contributed by atoms with van der Waals surface area (Å²) in [7, 11) is 0. The van der Waals surface area contributed by atoms with E-state index in [1.54, 1.807) is 18.3 Å². The van der Waals surface area contributed by atoms with Crippen molar-refractivity contribution in [1.82, 2.24) is 19.5 Å². The van der Waals surface area contributed by atoms with E-state index in [0.717, 1.165) is 30.0 Å². The van der Waals surface area contributed by atoms with Crippen LogP contribution in [0.4, 0.5) is 5.69 Å². The number of hydrogen-bond donors (Lipinski definition) is 1. The first-order chi connectivity index (χ1) is 10.2. The maximum Gasteiger partial charge on any atom is 0.324 e. The highest BCUT2D eigenvalue weighted by Gasteiger charge is 2.12. The Balaban J connectivity index is 2.00. The largest absolute Gasteiger partial charge is 0.424 e. The average Bonchev–Trinajstić information content (AvgIpc) is 2.84. The Morgan fingerprint density at radius 2 is 2.10 bits per heavy atom. The van der Waals surface area contributed by atoms with E-state index in [9.17, 15) is 0 Å². The van der Waals surface area contributed by atoms with Gasteiger partial charge in [-0.1, -0.05) is 13.0 Å². The van der Waals surface area contributed by atoms with Crippen molar-refractivity contribution >= 4 is 16.9 Å². The second-order valence-electron chi connectivity index (χ2n) is 4.66. The number of aromatic nitrogens is 4. The molecule has 2 aromatic heterocycles. The summed E-state index contributed by atoms with van der Waals surface area (Å²) in [5.74, 6) is 1.62. The molecule has 0 aliphatic rings. The van der Waals surface area contributed by atoms with Crippen LogP contribution in [0.1, 0.15) is 19.7 Å². The van der Waals surface area contributed by atoms with Gasteiger partial charge in [-0.2, -0.15) is 4.98 Å². The standard InChI is InChI=1S/C15H17N5O/c1-3-13-18-12-9-17-15(19-14(12)20(13)4-2)21-11-7-5-6-10(16)8-11/h5-9H,3-4,16H2,1-2H3. The van der Waals surface area contributed by atoms with Crippen LogP contribution in [-0.2, 0) is 13.0 Å². The minimum absolute atomic E-state index is 0.297. The SMILES string of the molecule is CCc1nc2cnc(Oc3cccc(N)c3)nc2n1CC. The average molecular weight is 283 g/mol. The molecular weight excluding hydrogens is 266 g/mol. The zero-order valence-electron chi connectivity index (χ0n) is 12.1. The van der Waals surface area contributed by atoms with Crippen LogP contribution in [0.15, 0.2) is 30.5 Å². The highest BCUT2D eigenvalue weighted by molar-refractivity contribution is 5.70. The highest BCUT2D eigenvalue weighted by Crippen LogP contribution is 2.22. The molecule has 21 heavy (non-hydrogen) atoms. The Bertz CT molecular complexity index is 781. The predicted molar refractivity (Wildman–Crippen MR) is 81.3 cm³/mol. The van der Waals surface area contributed by atoms with E-state index >= 15 is 0 Å². The molecular formula is C15H17N5O. The predicted octanol–water partition coefficient (Wildman–Crippen LogP) is 2.78. The molecule has 6 nitrogen and oxygen atoms in total. The molecule has 0 spiro atoms. The zero-order valence-corrected chi connectivity index (χ0v) is 12.1. The van der Waals surface area contributed by atoms with Gasteiger partial charge in [-0.05, 0) is 19.1 Å². The first-order valence-corrected chi connectivity index (χ1v) is 6.96. The molecule has 0 aliphatic heterocycles. The molecule has 0 radical (unpaired) electrons. The Morgan fingerprint density at radius 1 is 1.24 bits per heavy atom. The van der Waals surface area contributed by atoms with Gasteiger partial charge in [0.2, 0.25) is 0 Å². The zero-order chi connectivity index (χ0) is 14.8. The van der Waals surface area contributed by atoms with E-state index in [1.807, 2.05) is 12.1 Å². The minimum Gasteiger partial charge on any atom is -0.424 e. The first-order valence-electron chi connectivity index (χ1n) is 6.96. The van der Waals surface area contributed by atoms with Gasteiger partial charge in [0.25, 0.3) is 0 Å². The molecule has 0 bridgehead atoms. The fourth-order valence-electron chi connectivity index (χ4n) is 2.28. The van der Waals surface area contributed by atoms with Crippen LogP contribution in [-0.4, -0.2) is 19.5 Å². The highest BCUT2D eigenvalue weighted by atomic mass is 16.5. The lowest BCUT2D eigenvalue weighted by atomic mass is 10.3. The first kappa shape index (κ1) is 13.4. The molecule has 0 atom stereocenters. The van der Waals surface area contributed by atoms with Crippen molar-refractivity contribution in [1.29, 1.82) is 0 Å². The van der Waals surface area contributed by atoms with Crippen molar-refractivity contribution in [3.05, 3.63) is 36.3 Å². The molecule has 0 amide bonds. The van der Waals surface area contributed by atoms with Crippen LogP contribution in [0, 0.1) is 0 Å². The van der Waals surface area contributed by atoms with Gasteiger partial charge in [0.05, 0.1) is 6.20 Å². The number of benzene rings is 1. The minimum atomic E-state index is 0.297. The molecule has 0 saturated carbocycles. The van der Waals surface area contributed by atoms with Crippen molar-refractivity contribution in [2.45, 2.75) is 26.8 Å². The third-order valence-corrected chi connectivity index (χ3v) is 3.24.